The normalized spacial score (nSPS) is 16.4. The number of aromatic nitrogens is 3. The first kappa shape index (κ1) is 14.6. The van der Waals surface area contributed by atoms with Crippen LogP contribution in [0.4, 0.5) is 0 Å². The van der Waals surface area contributed by atoms with Crippen molar-refractivity contribution in [1.82, 2.24) is 14.8 Å². The Morgan fingerprint density at radius 2 is 2.21 bits per heavy atom. The van der Waals surface area contributed by atoms with Gasteiger partial charge in [-0.15, -0.1) is 0 Å². The van der Waals surface area contributed by atoms with E-state index in [4.69, 9.17) is 0 Å². The Hall–Kier alpha value is -0.840. The molecule has 0 radical (unpaired) electrons. The predicted octanol–water partition coefficient (Wildman–Crippen LogP) is 2.72. The molecule has 1 aliphatic carbocycles. The quantitative estimate of drug-likeness (QED) is 0.771. The van der Waals surface area contributed by atoms with Gasteiger partial charge in [-0.3, -0.25) is 4.79 Å². The fourth-order valence-electron chi connectivity index (χ4n) is 2.42. The van der Waals surface area contributed by atoms with Crippen LogP contribution in [0, 0.1) is 5.92 Å². The van der Waals surface area contributed by atoms with Crippen molar-refractivity contribution in [3.63, 3.8) is 0 Å². The van der Waals surface area contributed by atoms with Gasteiger partial charge in [0.1, 0.15) is 17.9 Å². The molecule has 0 atom stereocenters. The summed E-state index contributed by atoms with van der Waals surface area (Å²) in [6.07, 6.45) is 7.19. The average molecular weight is 281 g/mol. The van der Waals surface area contributed by atoms with Crippen molar-refractivity contribution >= 4 is 17.5 Å². The fourth-order valence-corrected chi connectivity index (χ4v) is 3.61. The van der Waals surface area contributed by atoms with Crippen LogP contribution in [0.25, 0.3) is 0 Å². The van der Waals surface area contributed by atoms with Crippen LogP contribution in [0.2, 0.25) is 0 Å². The maximum absolute atomic E-state index is 12.0. The summed E-state index contributed by atoms with van der Waals surface area (Å²) in [7, 11) is 0. The van der Waals surface area contributed by atoms with Crippen molar-refractivity contribution in [2.45, 2.75) is 57.7 Å². The van der Waals surface area contributed by atoms with E-state index in [0.29, 0.717) is 23.3 Å². The zero-order valence-electron chi connectivity index (χ0n) is 11.8. The van der Waals surface area contributed by atoms with Crippen LogP contribution >= 0.6 is 11.8 Å². The number of nitrogens with zero attached hydrogens (tertiary/aromatic N) is 3. The van der Waals surface area contributed by atoms with Crippen molar-refractivity contribution in [1.29, 1.82) is 0 Å². The molecule has 1 aromatic heterocycles. The molecule has 0 unspecified atom stereocenters. The van der Waals surface area contributed by atoms with Gasteiger partial charge in [0.25, 0.3) is 0 Å². The standard InChI is InChI=1S/C14H23N3OS/c1-11(2)8-17-14(15-10-16-17)7-12(18)9-19-13-5-3-4-6-13/h10-11,13H,3-9H2,1-2H3. The highest BCUT2D eigenvalue weighted by Gasteiger charge is 2.18. The zero-order chi connectivity index (χ0) is 13.7. The largest absolute Gasteiger partial charge is 0.298 e. The minimum atomic E-state index is 0.273. The van der Waals surface area contributed by atoms with Crippen LogP contribution < -0.4 is 0 Å². The van der Waals surface area contributed by atoms with Crippen molar-refractivity contribution < 1.29 is 4.79 Å². The van der Waals surface area contributed by atoms with Crippen LogP contribution in [0.5, 0.6) is 0 Å². The van der Waals surface area contributed by atoms with Crippen molar-refractivity contribution in [2.75, 3.05) is 5.75 Å². The number of rotatable bonds is 7. The van der Waals surface area contributed by atoms with E-state index in [1.807, 2.05) is 16.4 Å². The number of hydrogen-bond acceptors (Lipinski definition) is 4. The molecule has 0 spiro atoms. The summed E-state index contributed by atoms with van der Waals surface area (Å²) in [4.78, 5) is 16.2. The number of carbonyl (C=O) groups excluding carboxylic acids is 1. The second-order valence-electron chi connectivity index (χ2n) is 5.69. The third-order valence-electron chi connectivity index (χ3n) is 3.37. The van der Waals surface area contributed by atoms with Crippen molar-refractivity contribution in [3.8, 4) is 0 Å². The molecule has 1 fully saturated rings. The summed E-state index contributed by atoms with van der Waals surface area (Å²) in [5.74, 6) is 2.23. The van der Waals surface area contributed by atoms with Gasteiger partial charge < -0.3 is 0 Å². The van der Waals surface area contributed by atoms with Crippen molar-refractivity contribution in [3.05, 3.63) is 12.2 Å². The zero-order valence-corrected chi connectivity index (χ0v) is 12.7. The Bertz CT molecular complexity index is 411. The average Bonchev–Trinajstić information content (AvgIpc) is 2.98. The number of ketones is 1. The van der Waals surface area contributed by atoms with Crippen LogP contribution in [0.15, 0.2) is 6.33 Å². The Morgan fingerprint density at radius 1 is 1.47 bits per heavy atom. The molecule has 1 heterocycles. The molecule has 106 valence electrons. The molecule has 0 N–H and O–H groups in total. The highest BCUT2D eigenvalue weighted by Crippen LogP contribution is 2.29. The third kappa shape index (κ3) is 4.64. The van der Waals surface area contributed by atoms with Gasteiger partial charge >= 0.3 is 0 Å². The molecule has 0 bridgehead atoms. The molecule has 0 saturated heterocycles. The minimum absolute atomic E-state index is 0.273. The van der Waals surface area contributed by atoms with E-state index >= 15 is 0 Å². The summed E-state index contributed by atoms with van der Waals surface area (Å²) in [5.41, 5.74) is 0. The Kier molecular flexibility index (Phi) is 5.43. The van der Waals surface area contributed by atoms with Gasteiger partial charge in [0, 0.05) is 11.8 Å². The lowest BCUT2D eigenvalue weighted by atomic mass is 10.2. The van der Waals surface area contributed by atoms with Gasteiger partial charge in [0.15, 0.2) is 0 Å². The summed E-state index contributed by atoms with van der Waals surface area (Å²) >= 11 is 1.83. The topological polar surface area (TPSA) is 47.8 Å². The highest BCUT2D eigenvalue weighted by atomic mass is 32.2. The number of hydrogen-bond donors (Lipinski definition) is 0. The second kappa shape index (κ2) is 7.08. The van der Waals surface area contributed by atoms with E-state index in [-0.39, 0.29) is 5.78 Å². The molecule has 0 amide bonds. The lowest BCUT2D eigenvalue weighted by Gasteiger charge is -2.09. The predicted molar refractivity (Wildman–Crippen MR) is 78.3 cm³/mol. The molecule has 19 heavy (non-hydrogen) atoms. The SMILES string of the molecule is CC(C)Cn1ncnc1CC(=O)CSC1CCCC1. The van der Waals surface area contributed by atoms with E-state index in [0.717, 1.165) is 12.4 Å². The van der Waals surface area contributed by atoms with E-state index in [1.165, 1.54) is 25.7 Å². The molecular weight excluding hydrogens is 258 g/mol. The smallest absolute Gasteiger partial charge is 0.150 e. The first-order valence-electron chi connectivity index (χ1n) is 7.15. The van der Waals surface area contributed by atoms with Gasteiger partial charge in [0.2, 0.25) is 0 Å². The van der Waals surface area contributed by atoms with Crippen LogP contribution in [0.3, 0.4) is 0 Å². The van der Waals surface area contributed by atoms with E-state index in [1.54, 1.807) is 6.33 Å². The van der Waals surface area contributed by atoms with Crippen LogP contribution in [-0.4, -0.2) is 31.6 Å². The van der Waals surface area contributed by atoms with Gasteiger partial charge in [-0.2, -0.15) is 16.9 Å². The lowest BCUT2D eigenvalue weighted by molar-refractivity contribution is -0.116. The maximum Gasteiger partial charge on any atom is 0.150 e. The van der Waals surface area contributed by atoms with Gasteiger partial charge in [-0.05, 0) is 18.8 Å². The Morgan fingerprint density at radius 3 is 2.89 bits per heavy atom. The summed E-state index contributed by atoms with van der Waals surface area (Å²) in [6.45, 7) is 5.12. The lowest BCUT2D eigenvalue weighted by Crippen LogP contribution is -2.16. The first-order valence-corrected chi connectivity index (χ1v) is 8.20. The monoisotopic (exact) mass is 281 g/mol. The maximum atomic E-state index is 12.0. The third-order valence-corrected chi connectivity index (χ3v) is 4.80. The summed E-state index contributed by atoms with van der Waals surface area (Å²) in [5, 5.41) is 4.90. The Labute approximate surface area is 119 Å². The first-order chi connectivity index (χ1) is 9.15. The van der Waals surface area contributed by atoms with Gasteiger partial charge in [0.05, 0.1) is 12.2 Å². The summed E-state index contributed by atoms with van der Waals surface area (Å²) < 4.78 is 1.86. The van der Waals surface area contributed by atoms with Crippen LogP contribution in [0.1, 0.15) is 45.4 Å². The van der Waals surface area contributed by atoms with Gasteiger partial charge in [-0.1, -0.05) is 26.7 Å². The fraction of sp³-hybridized carbons (Fsp3) is 0.786. The second-order valence-corrected chi connectivity index (χ2v) is 6.97. The number of Topliss-reactive ketones (excluding diaryl/α,β-unsaturated/α-hetero) is 1. The molecule has 2 rings (SSSR count). The molecule has 0 aromatic carbocycles. The minimum Gasteiger partial charge on any atom is -0.298 e. The molecular formula is C14H23N3OS. The van der Waals surface area contributed by atoms with E-state index in [2.05, 4.69) is 23.9 Å². The van der Waals surface area contributed by atoms with Crippen LogP contribution in [-0.2, 0) is 17.8 Å². The molecule has 1 aliphatic rings. The molecule has 0 aliphatic heterocycles. The van der Waals surface area contributed by atoms with Gasteiger partial charge in [-0.25, -0.2) is 9.67 Å². The van der Waals surface area contributed by atoms with E-state index < -0.39 is 0 Å². The molecule has 5 heteroatoms. The molecule has 1 saturated carbocycles. The molecule has 1 aromatic rings. The van der Waals surface area contributed by atoms with E-state index in [9.17, 15) is 4.79 Å². The Balaban J connectivity index is 1.79. The molecule has 4 nitrogen and oxygen atoms in total. The number of thioether (sulfide) groups is 1. The highest BCUT2D eigenvalue weighted by molar-refractivity contribution is 8.00. The number of carbonyl (C=O) groups is 1. The van der Waals surface area contributed by atoms with Crippen molar-refractivity contribution in [2.24, 2.45) is 5.92 Å². The summed E-state index contributed by atoms with van der Waals surface area (Å²) in [6, 6.07) is 0.